The van der Waals surface area contributed by atoms with Gasteiger partial charge in [0.25, 0.3) is 11.8 Å². The van der Waals surface area contributed by atoms with E-state index >= 15 is 0 Å². The van der Waals surface area contributed by atoms with Crippen LogP contribution in [0.3, 0.4) is 0 Å². The molecule has 132 valence electrons. The van der Waals surface area contributed by atoms with Crippen LogP contribution in [-0.4, -0.2) is 23.8 Å². The van der Waals surface area contributed by atoms with E-state index in [-0.39, 0.29) is 17.6 Å². The number of furan rings is 1. The first kappa shape index (κ1) is 17.9. The third-order valence-corrected chi connectivity index (χ3v) is 4.18. The Kier molecular flexibility index (Phi) is 5.18. The number of hydrogen-bond donors (Lipinski definition) is 1. The lowest BCUT2D eigenvalue weighted by atomic mass is 10.1. The molecule has 2 heterocycles. The largest absolute Gasteiger partial charge is 0.444 e. The van der Waals surface area contributed by atoms with Crippen LogP contribution in [0.15, 0.2) is 63.8 Å². The Balaban J connectivity index is 1.87. The summed E-state index contributed by atoms with van der Waals surface area (Å²) in [5, 5.41) is 2.76. The molecule has 1 aromatic carbocycles. The van der Waals surface area contributed by atoms with Crippen molar-refractivity contribution in [2.45, 2.75) is 6.92 Å². The number of amides is 2. The van der Waals surface area contributed by atoms with Gasteiger partial charge in [-0.15, -0.1) is 0 Å². The predicted molar refractivity (Wildman–Crippen MR) is 103 cm³/mol. The van der Waals surface area contributed by atoms with Crippen molar-refractivity contribution in [1.82, 2.24) is 4.98 Å². The summed E-state index contributed by atoms with van der Waals surface area (Å²) in [6.45, 7) is 1.92. The van der Waals surface area contributed by atoms with E-state index in [1.54, 1.807) is 55.7 Å². The molecule has 2 amide bonds. The Morgan fingerprint density at radius 1 is 1.15 bits per heavy atom. The van der Waals surface area contributed by atoms with E-state index in [0.717, 1.165) is 5.56 Å². The summed E-state index contributed by atoms with van der Waals surface area (Å²) in [5.74, 6) is -0.0766. The molecule has 0 aliphatic carbocycles. The van der Waals surface area contributed by atoms with Gasteiger partial charge in [-0.25, -0.2) is 4.98 Å². The fourth-order valence-electron chi connectivity index (χ4n) is 2.45. The minimum Gasteiger partial charge on any atom is -0.444 e. The molecule has 3 aromatic rings. The number of pyridine rings is 1. The highest BCUT2D eigenvalue weighted by Gasteiger charge is 2.22. The number of halogens is 1. The molecule has 0 bridgehead atoms. The van der Waals surface area contributed by atoms with Crippen molar-refractivity contribution in [1.29, 1.82) is 0 Å². The first-order valence-electron chi connectivity index (χ1n) is 7.82. The van der Waals surface area contributed by atoms with Crippen molar-refractivity contribution in [3.05, 3.63) is 76.3 Å². The lowest BCUT2D eigenvalue weighted by Gasteiger charge is -2.19. The number of benzene rings is 1. The standard InChI is InChI=1S/C19H16BrN3O3/c1-12-9-10-21-17(11-12)22-18(24)13-5-3-4-6-14(13)23(2)19(25)15-7-8-16(20)26-15/h3-11H,1-2H3,(H,21,22,24). The molecule has 0 aliphatic heterocycles. The highest BCUT2D eigenvalue weighted by molar-refractivity contribution is 9.10. The Bertz CT molecular complexity index is 968. The number of carbonyl (C=O) groups is 2. The van der Waals surface area contributed by atoms with Crippen LogP contribution in [0.5, 0.6) is 0 Å². The van der Waals surface area contributed by atoms with Crippen molar-refractivity contribution in [2.24, 2.45) is 0 Å². The van der Waals surface area contributed by atoms with Gasteiger partial charge in [0.15, 0.2) is 10.4 Å². The van der Waals surface area contributed by atoms with Crippen LogP contribution in [0.2, 0.25) is 0 Å². The van der Waals surface area contributed by atoms with Gasteiger partial charge in [-0.2, -0.15) is 0 Å². The van der Waals surface area contributed by atoms with Gasteiger partial charge in [-0.05, 0) is 64.8 Å². The fraction of sp³-hybridized carbons (Fsp3) is 0.105. The van der Waals surface area contributed by atoms with E-state index in [1.807, 2.05) is 13.0 Å². The normalized spacial score (nSPS) is 10.4. The Labute approximate surface area is 159 Å². The highest BCUT2D eigenvalue weighted by atomic mass is 79.9. The molecule has 26 heavy (non-hydrogen) atoms. The smallest absolute Gasteiger partial charge is 0.293 e. The van der Waals surface area contributed by atoms with Gasteiger partial charge in [0.1, 0.15) is 5.82 Å². The molecule has 0 fully saturated rings. The number of rotatable bonds is 4. The molecule has 1 N–H and O–H groups in total. The monoisotopic (exact) mass is 413 g/mol. The third-order valence-electron chi connectivity index (χ3n) is 3.76. The van der Waals surface area contributed by atoms with Crippen molar-refractivity contribution in [2.75, 3.05) is 17.3 Å². The number of aromatic nitrogens is 1. The molecule has 6 nitrogen and oxygen atoms in total. The predicted octanol–water partition coefficient (Wildman–Crippen LogP) is 4.27. The quantitative estimate of drug-likeness (QED) is 0.692. The average Bonchev–Trinajstić information content (AvgIpc) is 3.07. The van der Waals surface area contributed by atoms with Crippen molar-refractivity contribution in [3.8, 4) is 0 Å². The van der Waals surface area contributed by atoms with Crippen LogP contribution in [0.25, 0.3) is 0 Å². The lowest BCUT2D eigenvalue weighted by molar-refractivity contribution is 0.0965. The van der Waals surface area contributed by atoms with Crippen LogP contribution in [0.4, 0.5) is 11.5 Å². The first-order chi connectivity index (χ1) is 12.5. The highest BCUT2D eigenvalue weighted by Crippen LogP contribution is 2.24. The van der Waals surface area contributed by atoms with Crippen LogP contribution < -0.4 is 10.2 Å². The van der Waals surface area contributed by atoms with Crippen LogP contribution in [0, 0.1) is 6.92 Å². The summed E-state index contributed by atoms with van der Waals surface area (Å²) in [6.07, 6.45) is 1.63. The van der Waals surface area contributed by atoms with Crippen LogP contribution in [0.1, 0.15) is 26.5 Å². The SMILES string of the molecule is Cc1ccnc(NC(=O)c2ccccc2N(C)C(=O)c2ccc(Br)o2)c1. The molecule has 7 heteroatoms. The van der Waals surface area contributed by atoms with Crippen molar-refractivity contribution >= 4 is 39.2 Å². The second-order valence-electron chi connectivity index (χ2n) is 5.66. The van der Waals surface area contributed by atoms with Crippen LogP contribution in [-0.2, 0) is 0 Å². The number of nitrogens with one attached hydrogen (secondary N) is 1. The van der Waals surface area contributed by atoms with Crippen LogP contribution >= 0.6 is 15.9 Å². The number of aryl methyl sites for hydroxylation is 1. The summed E-state index contributed by atoms with van der Waals surface area (Å²) >= 11 is 3.18. The van der Waals surface area contributed by atoms with Gasteiger partial charge in [-0.1, -0.05) is 12.1 Å². The molecular formula is C19H16BrN3O3. The Morgan fingerprint density at radius 2 is 1.92 bits per heavy atom. The maximum Gasteiger partial charge on any atom is 0.293 e. The second kappa shape index (κ2) is 7.53. The number of anilines is 2. The van der Waals surface area contributed by atoms with E-state index in [4.69, 9.17) is 4.42 Å². The van der Waals surface area contributed by atoms with Gasteiger partial charge in [0.2, 0.25) is 0 Å². The zero-order chi connectivity index (χ0) is 18.7. The third kappa shape index (κ3) is 3.83. The van der Waals surface area contributed by atoms with E-state index in [0.29, 0.717) is 21.7 Å². The zero-order valence-electron chi connectivity index (χ0n) is 14.2. The maximum atomic E-state index is 12.7. The maximum absolute atomic E-state index is 12.7. The molecule has 3 rings (SSSR count). The summed E-state index contributed by atoms with van der Waals surface area (Å²) in [4.78, 5) is 30.8. The zero-order valence-corrected chi connectivity index (χ0v) is 15.8. The van der Waals surface area contributed by atoms with E-state index in [1.165, 1.54) is 4.90 Å². The molecule has 2 aromatic heterocycles. The molecular weight excluding hydrogens is 398 g/mol. The summed E-state index contributed by atoms with van der Waals surface area (Å²) in [6, 6.07) is 13.7. The number of carbonyl (C=O) groups excluding carboxylic acids is 2. The minimum absolute atomic E-state index is 0.176. The number of nitrogens with zero attached hydrogens (tertiary/aromatic N) is 2. The molecule has 0 atom stereocenters. The molecule has 0 spiro atoms. The van der Waals surface area contributed by atoms with E-state index in [2.05, 4.69) is 26.2 Å². The molecule has 0 aliphatic rings. The lowest BCUT2D eigenvalue weighted by Crippen LogP contribution is -2.28. The molecule has 0 unspecified atom stereocenters. The minimum atomic E-state index is -0.357. The Morgan fingerprint density at radius 3 is 2.62 bits per heavy atom. The van der Waals surface area contributed by atoms with E-state index in [9.17, 15) is 9.59 Å². The fourth-order valence-corrected chi connectivity index (χ4v) is 2.76. The molecule has 0 saturated carbocycles. The van der Waals surface area contributed by atoms with Gasteiger partial charge in [-0.3, -0.25) is 9.59 Å². The summed E-state index contributed by atoms with van der Waals surface area (Å²) in [7, 11) is 1.59. The Hall–Kier alpha value is -2.93. The van der Waals surface area contributed by atoms with Crippen molar-refractivity contribution < 1.29 is 14.0 Å². The van der Waals surface area contributed by atoms with Gasteiger partial charge in [0.05, 0.1) is 11.3 Å². The summed E-state index contributed by atoms with van der Waals surface area (Å²) in [5.41, 5.74) is 1.81. The van der Waals surface area contributed by atoms with Gasteiger partial charge < -0.3 is 14.6 Å². The van der Waals surface area contributed by atoms with Gasteiger partial charge >= 0.3 is 0 Å². The topological polar surface area (TPSA) is 75.4 Å². The van der Waals surface area contributed by atoms with Gasteiger partial charge in [0, 0.05) is 13.2 Å². The van der Waals surface area contributed by atoms with Crippen molar-refractivity contribution in [3.63, 3.8) is 0 Å². The molecule has 0 saturated heterocycles. The number of para-hydroxylation sites is 1. The average molecular weight is 414 g/mol. The summed E-state index contributed by atoms with van der Waals surface area (Å²) < 4.78 is 5.78. The number of hydrogen-bond acceptors (Lipinski definition) is 4. The van der Waals surface area contributed by atoms with E-state index < -0.39 is 0 Å². The first-order valence-corrected chi connectivity index (χ1v) is 8.61. The second-order valence-corrected chi connectivity index (χ2v) is 6.44. The molecule has 0 radical (unpaired) electrons.